The third-order valence-electron chi connectivity index (χ3n) is 4.02. The van der Waals surface area contributed by atoms with Crippen molar-refractivity contribution in [3.8, 4) is 5.75 Å². The van der Waals surface area contributed by atoms with Gasteiger partial charge in [-0.3, -0.25) is 9.89 Å². The fourth-order valence-corrected chi connectivity index (χ4v) is 3.21. The van der Waals surface area contributed by atoms with Crippen LogP contribution >= 0.6 is 11.8 Å². The summed E-state index contributed by atoms with van der Waals surface area (Å²) in [4.78, 5) is 27.2. The number of aromatic amines is 1. The van der Waals surface area contributed by atoms with Crippen molar-refractivity contribution < 1.29 is 19.4 Å². The summed E-state index contributed by atoms with van der Waals surface area (Å²) in [5.74, 6) is 0.262. The van der Waals surface area contributed by atoms with Gasteiger partial charge in [0.1, 0.15) is 12.4 Å². The summed E-state index contributed by atoms with van der Waals surface area (Å²) in [6.07, 6.45) is 0. The number of hydrogen-bond acceptors (Lipinski definition) is 6. The van der Waals surface area contributed by atoms with E-state index in [1.807, 2.05) is 32.0 Å². The number of benzene rings is 2. The topological polar surface area (TPSA) is 117 Å². The molecule has 0 saturated heterocycles. The fourth-order valence-electron chi connectivity index (χ4n) is 2.60. The van der Waals surface area contributed by atoms with Gasteiger partial charge in [-0.2, -0.15) is 0 Å². The van der Waals surface area contributed by atoms with Crippen LogP contribution in [0.1, 0.15) is 27.3 Å². The standard InChI is InChI=1S/C20H20N4O4S/c1-12-4-3-5-13(2)18(12)28-10-16-22-20(24-23-16)29-11-17(25)21-15-8-6-14(7-9-15)19(26)27/h3-9H,10-11H2,1-2H3,(H,21,25)(H,26,27)(H,22,23,24). The van der Waals surface area contributed by atoms with E-state index >= 15 is 0 Å². The van der Waals surface area contributed by atoms with E-state index in [1.54, 1.807) is 12.1 Å². The third-order valence-corrected chi connectivity index (χ3v) is 4.87. The van der Waals surface area contributed by atoms with E-state index in [-0.39, 0.29) is 23.8 Å². The first-order valence-electron chi connectivity index (χ1n) is 8.78. The zero-order valence-electron chi connectivity index (χ0n) is 15.9. The minimum atomic E-state index is -1.01. The molecule has 3 N–H and O–H groups in total. The largest absolute Gasteiger partial charge is 0.485 e. The van der Waals surface area contributed by atoms with Gasteiger partial charge in [-0.25, -0.2) is 9.78 Å². The van der Waals surface area contributed by atoms with Crippen LogP contribution in [-0.2, 0) is 11.4 Å². The summed E-state index contributed by atoms with van der Waals surface area (Å²) in [5.41, 5.74) is 2.78. The Kier molecular flexibility index (Phi) is 6.50. The quantitative estimate of drug-likeness (QED) is 0.485. The summed E-state index contributed by atoms with van der Waals surface area (Å²) in [6.45, 7) is 4.22. The van der Waals surface area contributed by atoms with Crippen LogP contribution in [0.5, 0.6) is 5.75 Å². The number of aryl methyl sites for hydroxylation is 2. The Balaban J connectivity index is 1.48. The Morgan fingerprint density at radius 3 is 2.48 bits per heavy atom. The molecule has 9 heteroatoms. The highest BCUT2D eigenvalue weighted by Gasteiger charge is 2.10. The van der Waals surface area contributed by atoms with E-state index in [0.29, 0.717) is 16.7 Å². The highest BCUT2D eigenvalue weighted by Crippen LogP contribution is 2.23. The number of carbonyl (C=O) groups excluding carboxylic acids is 1. The Hall–Kier alpha value is -3.33. The highest BCUT2D eigenvalue weighted by molar-refractivity contribution is 7.99. The number of carbonyl (C=O) groups is 2. The first kappa shape index (κ1) is 20.4. The molecule has 150 valence electrons. The fraction of sp³-hybridized carbons (Fsp3) is 0.200. The van der Waals surface area contributed by atoms with Gasteiger partial charge in [0.15, 0.2) is 5.82 Å². The maximum Gasteiger partial charge on any atom is 0.335 e. The average molecular weight is 412 g/mol. The van der Waals surface area contributed by atoms with Crippen LogP contribution in [0, 0.1) is 13.8 Å². The van der Waals surface area contributed by atoms with Gasteiger partial charge in [0, 0.05) is 5.69 Å². The van der Waals surface area contributed by atoms with Crippen LogP contribution < -0.4 is 10.1 Å². The Morgan fingerprint density at radius 1 is 1.14 bits per heavy atom. The first-order chi connectivity index (χ1) is 13.9. The molecular weight excluding hydrogens is 392 g/mol. The number of aromatic nitrogens is 3. The number of nitrogens with zero attached hydrogens (tertiary/aromatic N) is 2. The number of aromatic carboxylic acids is 1. The smallest absolute Gasteiger partial charge is 0.335 e. The lowest BCUT2D eigenvalue weighted by molar-refractivity contribution is -0.113. The molecule has 0 radical (unpaired) electrons. The Labute approximate surface area is 171 Å². The molecule has 1 heterocycles. The van der Waals surface area contributed by atoms with Crippen LogP contribution in [0.15, 0.2) is 47.6 Å². The average Bonchev–Trinajstić information content (AvgIpc) is 3.14. The molecule has 3 rings (SSSR count). The molecule has 0 aliphatic heterocycles. The lowest BCUT2D eigenvalue weighted by Crippen LogP contribution is -2.14. The number of carboxylic acids is 1. The number of H-pyrrole nitrogens is 1. The van der Waals surface area contributed by atoms with E-state index in [9.17, 15) is 9.59 Å². The maximum atomic E-state index is 12.1. The molecule has 0 saturated carbocycles. The van der Waals surface area contributed by atoms with Crippen molar-refractivity contribution in [2.75, 3.05) is 11.1 Å². The summed E-state index contributed by atoms with van der Waals surface area (Å²) in [6, 6.07) is 11.9. The van der Waals surface area contributed by atoms with Crippen molar-refractivity contribution in [3.63, 3.8) is 0 Å². The monoisotopic (exact) mass is 412 g/mol. The van der Waals surface area contributed by atoms with Crippen molar-refractivity contribution in [2.45, 2.75) is 25.6 Å². The number of thioether (sulfide) groups is 1. The van der Waals surface area contributed by atoms with Gasteiger partial charge in [0.05, 0.1) is 11.3 Å². The maximum absolute atomic E-state index is 12.1. The number of amides is 1. The van der Waals surface area contributed by atoms with E-state index in [0.717, 1.165) is 16.9 Å². The lowest BCUT2D eigenvalue weighted by Gasteiger charge is -2.10. The van der Waals surface area contributed by atoms with Crippen molar-refractivity contribution in [1.29, 1.82) is 0 Å². The second-order valence-corrected chi connectivity index (χ2v) is 7.24. The second-order valence-electron chi connectivity index (χ2n) is 6.29. The predicted octanol–water partition coefficient (Wildman–Crippen LogP) is 3.43. The minimum absolute atomic E-state index is 0.121. The summed E-state index contributed by atoms with van der Waals surface area (Å²) >= 11 is 1.19. The van der Waals surface area contributed by atoms with Crippen molar-refractivity contribution in [1.82, 2.24) is 15.2 Å². The van der Waals surface area contributed by atoms with Crippen LogP contribution in [0.4, 0.5) is 5.69 Å². The number of carboxylic acid groups (broad SMARTS) is 1. The number of anilines is 1. The normalized spacial score (nSPS) is 10.6. The molecule has 0 bridgehead atoms. The molecule has 0 atom stereocenters. The molecule has 0 aliphatic rings. The third kappa shape index (κ3) is 5.58. The van der Waals surface area contributed by atoms with Crippen LogP contribution in [0.2, 0.25) is 0 Å². The molecular formula is C20H20N4O4S. The molecule has 0 fully saturated rings. The van der Waals surface area contributed by atoms with Gasteiger partial charge >= 0.3 is 5.97 Å². The first-order valence-corrected chi connectivity index (χ1v) is 9.77. The number of nitrogens with one attached hydrogen (secondary N) is 2. The van der Waals surface area contributed by atoms with Crippen molar-refractivity contribution in [2.24, 2.45) is 0 Å². The van der Waals surface area contributed by atoms with Crippen LogP contribution in [0.3, 0.4) is 0 Å². The molecule has 1 aromatic heterocycles. The number of rotatable bonds is 8. The molecule has 8 nitrogen and oxygen atoms in total. The van der Waals surface area contributed by atoms with Crippen LogP contribution in [-0.4, -0.2) is 37.9 Å². The number of ether oxygens (including phenoxy) is 1. The lowest BCUT2D eigenvalue weighted by atomic mass is 10.1. The van der Waals surface area contributed by atoms with Gasteiger partial charge in [0.2, 0.25) is 11.1 Å². The Morgan fingerprint density at radius 2 is 1.83 bits per heavy atom. The van der Waals surface area contributed by atoms with Crippen molar-refractivity contribution >= 4 is 29.3 Å². The molecule has 3 aromatic rings. The molecule has 29 heavy (non-hydrogen) atoms. The minimum Gasteiger partial charge on any atom is -0.485 e. The van der Waals surface area contributed by atoms with Gasteiger partial charge in [0.25, 0.3) is 0 Å². The zero-order valence-corrected chi connectivity index (χ0v) is 16.7. The predicted molar refractivity (Wildman–Crippen MR) is 109 cm³/mol. The summed E-state index contributed by atoms with van der Waals surface area (Å²) in [7, 11) is 0. The van der Waals surface area contributed by atoms with E-state index in [4.69, 9.17) is 9.84 Å². The van der Waals surface area contributed by atoms with Gasteiger partial charge in [-0.15, -0.1) is 5.10 Å². The van der Waals surface area contributed by atoms with E-state index in [1.165, 1.54) is 23.9 Å². The molecule has 0 unspecified atom stereocenters. The van der Waals surface area contributed by atoms with Crippen LogP contribution in [0.25, 0.3) is 0 Å². The molecule has 2 aromatic carbocycles. The van der Waals surface area contributed by atoms with E-state index in [2.05, 4.69) is 20.5 Å². The molecule has 1 amide bonds. The number of hydrogen-bond donors (Lipinski definition) is 3. The Bertz CT molecular complexity index is 997. The molecule has 0 aliphatic carbocycles. The van der Waals surface area contributed by atoms with Crippen molar-refractivity contribution in [3.05, 3.63) is 65.0 Å². The van der Waals surface area contributed by atoms with Gasteiger partial charge in [-0.1, -0.05) is 30.0 Å². The second kappa shape index (κ2) is 9.24. The summed E-state index contributed by atoms with van der Waals surface area (Å²) < 4.78 is 5.83. The molecule has 0 spiro atoms. The van der Waals surface area contributed by atoms with E-state index < -0.39 is 5.97 Å². The summed E-state index contributed by atoms with van der Waals surface area (Å²) in [5, 5.41) is 18.9. The zero-order chi connectivity index (χ0) is 20.8. The van der Waals surface area contributed by atoms with Gasteiger partial charge in [-0.05, 0) is 49.2 Å². The SMILES string of the molecule is Cc1cccc(C)c1OCc1nc(SCC(=O)Nc2ccc(C(=O)O)cc2)n[nH]1. The number of para-hydroxylation sites is 1. The van der Waals surface area contributed by atoms with Gasteiger partial charge < -0.3 is 15.2 Å². The highest BCUT2D eigenvalue weighted by atomic mass is 32.2.